The molecule has 1 fully saturated rings. The highest BCUT2D eigenvalue weighted by Gasteiger charge is 2.30. The van der Waals surface area contributed by atoms with E-state index in [2.05, 4.69) is 15.2 Å². The van der Waals surface area contributed by atoms with E-state index in [4.69, 9.17) is 23.0 Å². The van der Waals surface area contributed by atoms with Crippen LogP contribution in [0.15, 0.2) is 55.4 Å². The molecule has 5 rings (SSSR count). The van der Waals surface area contributed by atoms with Gasteiger partial charge in [-0.3, -0.25) is 4.90 Å². The second-order valence-corrected chi connectivity index (χ2v) is 9.54. The molecule has 0 saturated carbocycles. The van der Waals surface area contributed by atoms with E-state index in [0.29, 0.717) is 37.0 Å². The van der Waals surface area contributed by atoms with Gasteiger partial charge in [-0.1, -0.05) is 0 Å². The molecular formula is C22H25N3O7S. The zero-order chi connectivity index (χ0) is 22.7. The van der Waals surface area contributed by atoms with Gasteiger partial charge in [-0.25, -0.2) is 8.42 Å². The Morgan fingerprint density at radius 2 is 1.85 bits per heavy atom. The minimum absolute atomic E-state index is 0.0439. The zero-order valence-electron chi connectivity index (χ0n) is 18.0. The lowest BCUT2D eigenvalue weighted by Gasteiger charge is -2.26. The summed E-state index contributed by atoms with van der Waals surface area (Å²) >= 11 is 0. The summed E-state index contributed by atoms with van der Waals surface area (Å²) in [5.74, 6) is 1.41. The van der Waals surface area contributed by atoms with Crippen LogP contribution in [-0.2, 0) is 14.6 Å². The number of anilines is 1. The van der Waals surface area contributed by atoms with Crippen LogP contribution in [-0.4, -0.2) is 70.9 Å². The summed E-state index contributed by atoms with van der Waals surface area (Å²) in [6.07, 6.45) is 2.28. The van der Waals surface area contributed by atoms with E-state index in [9.17, 15) is 8.42 Å². The Labute approximate surface area is 191 Å². The van der Waals surface area contributed by atoms with E-state index < -0.39 is 9.84 Å². The van der Waals surface area contributed by atoms with Gasteiger partial charge in [0.05, 0.1) is 24.4 Å². The Balaban J connectivity index is 1.39. The molecule has 11 heteroatoms. The number of rotatable bonds is 8. The van der Waals surface area contributed by atoms with E-state index in [-0.39, 0.29) is 21.7 Å². The van der Waals surface area contributed by atoms with Crippen LogP contribution >= 0.6 is 0 Å². The first-order valence-electron chi connectivity index (χ1n) is 10.8. The Morgan fingerprint density at radius 3 is 2.64 bits per heavy atom. The molecule has 2 aliphatic rings. The molecule has 0 amide bonds. The minimum atomic E-state index is -4.00. The summed E-state index contributed by atoms with van der Waals surface area (Å²) in [4.78, 5) is 6.63. The van der Waals surface area contributed by atoms with Crippen molar-refractivity contribution in [2.45, 2.75) is 16.3 Å². The van der Waals surface area contributed by atoms with Crippen molar-refractivity contribution >= 4 is 15.7 Å². The molecule has 0 bridgehead atoms. The number of sulfone groups is 1. The first kappa shape index (κ1) is 21.8. The maximum absolute atomic E-state index is 13.5. The van der Waals surface area contributed by atoms with Gasteiger partial charge in [-0.15, -0.1) is 0 Å². The van der Waals surface area contributed by atoms with Gasteiger partial charge in [0, 0.05) is 25.7 Å². The molecule has 0 unspecified atom stereocenters. The van der Waals surface area contributed by atoms with Crippen molar-refractivity contribution in [1.29, 1.82) is 0 Å². The van der Waals surface area contributed by atoms with Gasteiger partial charge >= 0.3 is 0 Å². The lowest BCUT2D eigenvalue weighted by atomic mass is 10.3. The normalized spacial score (nSPS) is 16.6. The molecule has 1 saturated heterocycles. The van der Waals surface area contributed by atoms with Gasteiger partial charge < -0.3 is 28.4 Å². The summed E-state index contributed by atoms with van der Waals surface area (Å²) in [5, 5.41) is 2.91. The molecule has 3 aromatic rings. The van der Waals surface area contributed by atoms with Crippen molar-refractivity contribution in [3.8, 4) is 23.1 Å². The molecule has 2 aliphatic heterocycles. The predicted octanol–water partition coefficient (Wildman–Crippen LogP) is 2.67. The number of oxazole rings is 1. The Morgan fingerprint density at radius 1 is 1.03 bits per heavy atom. The van der Waals surface area contributed by atoms with Gasteiger partial charge in [0.15, 0.2) is 17.3 Å². The number of hydrogen-bond donors (Lipinski definition) is 1. The molecule has 4 heterocycles. The van der Waals surface area contributed by atoms with Crippen molar-refractivity contribution in [1.82, 2.24) is 9.88 Å². The van der Waals surface area contributed by atoms with E-state index in [0.717, 1.165) is 39.3 Å². The quantitative estimate of drug-likeness (QED) is 0.487. The van der Waals surface area contributed by atoms with Crippen LogP contribution in [0.2, 0.25) is 0 Å². The summed E-state index contributed by atoms with van der Waals surface area (Å²) in [6.45, 7) is 5.45. The zero-order valence-corrected chi connectivity index (χ0v) is 18.8. The number of morpholine rings is 1. The van der Waals surface area contributed by atoms with Crippen LogP contribution in [0.25, 0.3) is 11.7 Å². The second kappa shape index (κ2) is 9.46. The van der Waals surface area contributed by atoms with Crippen molar-refractivity contribution in [3.63, 3.8) is 0 Å². The average molecular weight is 476 g/mol. The van der Waals surface area contributed by atoms with Crippen LogP contribution in [0.1, 0.15) is 6.42 Å². The number of ether oxygens (including phenoxy) is 3. The molecule has 33 heavy (non-hydrogen) atoms. The molecule has 1 aromatic carbocycles. The van der Waals surface area contributed by atoms with Gasteiger partial charge in [-0.05, 0) is 37.2 Å². The third kappa shape index (κ3) is 4.70. The van der Waals surface area contributed by atoms with Gasteiger partial charge in [0.25, 0.3) is 5.89 Å². The third-order valence-electron chi connectivity index (χ3n) is 5.45. The molecule has 2 aromatic heterocycles. The fourth-order valence-corrected chi connectivity index (χ4v) is 5.03. The third-order valence-corrected chi connectivity index (χ3v) is 7.11. The molecule has 0 aliphatic carbocycles. The molecule has 176 valence electrons. The van der Waals surface area contributed by atoms with Crippen LogP contribution in [0, 0.1) is 0 Å². The van der Waals surface area contributed by atoms with E-state index in [1.54, 1.807) is 18.2 Å². The Kier molecular flexibility index (Phi) is 6.25. The summed E-state index contributed by atoms with van der Waals surface area (Å²) in [7, 11) is -4.00. The molecule has 0 spiro atoms. The van der Waals surface area contributed by atoms with Crippen LogP contribution in [0.5, 0.6) is 11.5 Å². The van der Waals surface area contributed by atoms with E-state index >= 15 is 0 Å². The molecule has 1 N–H and O–H groups in total. The largest absolute Gasteiger partial charge is 0.486 e. The predicted molar refractivity (Wildman–Crippen MR) is 117 cm³/mol. The first-order valence-corrected chi connectivity index (χ1v) is 12.3. The highest BCUT2D eigenvalue weighted by Crippen LogP contribution is 2.37. The summed E-state index contributed by atoms with van der Waals surface area (Å²) in [5.41, 5.74) is 0. The monoisotopic (exact) mass is 475 g/mol. The SMILES string of the molecule is O=S(=O)(c1ccc2c(c1)OCCO2)c1nc(-c2ccco2)oc1NCCCN1CCOCC1. The lowest BCUT2D eigenvalue weighted by molar-refractivity contribution is 0.0378. The standard InChI is InChI=1S/C22H25N3O7S/c26-33(27,16-4-5-17-19(15-16)31-14-13-30-17)22-21(32-20(24-22)18-3-1-10-29-18)23-6-2-7-25-8-11-28-12-9-25/h1,3-5,10,15,23H,2,6-9,11-14H2. The smallest absolute Gasteiger partial charge is 0.266 e. The summed E-state index contributed by atoms with van der Waals surface area (Å²) < 4.78 is 54.5. The molecule has 0 radical (unpaired) electrons. The highest BCUT2D eigenvalue weighted by molar-refractivity contribution is 7.91. The maximum atomic E-state index is 13.5. The average Bonchev–Trinajstić information content (AvgIpc) is 3.53. The first-order chi connectivity index (χ1) is 16.1. The number of nitrogens with zero attached hydrogens (tertiary/aromatic N) is 2. The van der Waals surface area contributed by atoms with Crippen LogP contribution in [0.3, 0.4) is 0 Å². The van der Waals surface area contributed by atoms with Crippen LogP contribution < -0.4 is 14.8 Å². The fourth-order valence-electron chi connectivity index (χ4n) is 3.74. The number of furan rings is 1. The van der Waals surface area contributed by atoms with Crippen molar-refractivity contribution in [2.24, 2.45) is 0 Å². The number of aromatic nitrogens is 1. The van der Waals surface area contributed by atoms with Crippen molar-refractivity contribution in [2.75, 3.05) is 57.9 Å². The van der Waals surface area contributed by atoms with Gasteiger partial charge in [0.1, 0.15) is 13.2 Å². The molecule has 0 atom stereocenters. The maximum Gasteiger partial charge on any atom is 0.266 e. The fraction of sp³-hybridized carbons (Fsp3) is 0.409. The Hall–Kier alpha value is -3.02. The van der Waals surface area contributed by atoms with Crippen molar-refractivity contribution < 1.29 is 31.5 Å². The number of hydrogen-bond acceptors (Lipinski definition) is 10. The van der Waals surface area contributed by atoms with E-state index in [1.165, 1.54) is 18.4 Å². The van der Waals surface area contributed by atoms with Gasteiger partial charge in [-0.2, -0.15) is 4.98 Å². The molecule has 10 nitrogen and oxygen atoms in total. The van der Waals surface area contributed by atoms with Crippen LogP contribution in [0.4, 0.5) is 5.88 Å². The number of nitrogens with one attached hydrogen (secondary N) is 1. The summed E-state index contributed by atoms with van der Waals surface area (Å²) in [6, 6.07) is 7.86. The number of benzene rings is 1. The highest BCUT2D eigenvalue weighted by atomic mass is 32.2. The lowest BCUT2D eigenvalue weighted by Crippen LogP contribution is -2.37. The Bertz CT molecular complexity index is 1180. The minimum Gasteiger partial charge on any atom is -0.486 e. The van der Waals surface area contributed by atoms with Gasteiger partial charge in [0.2, 0.25) is 20.7 Å². The number of fused-ring (bicyclic) bond motifs is 1. The second-order valence-electron chi connectivity index (χ2n) is 7.67. The van der Waals surface area contributed by atoms with E-state index in [1.807, 2.05) is 0 Å². The van der Waals surface area contributed by atoms with Crippen molar-refractivity contribution in [3.05, 3.63) is 36.6 Å². The molecular weight excluding hydrogens is 450 g/mol. The topological polar surface area (TPSA) is 116 Å².